The molecule has 18 heavy (non-hydrogen) atoms. The SMILES string of the molecule is O=Cc1cc(F)ccc1-c1cc2ccccc2s1. The van der Waals surface area contributed by atoms with Crippen molar-refractivity contribution < 1.29 is 9.18 Å². The van der Waals surface area contributed by atoms with Crippen LogP contribution in [0.1, 0.15) is 10.4 Å². The first kappa shape index (κ1) is 11.1. The molecule has 0 aliphatic heterocycles. The highest BCUT2D eigenvalue weighted by Crippen LogP contribution is 2.34. The van der Waals surface area contributed by atoms with Crippen LogP contribution in [0.2, 0.25) is 0 Å². The van der Waals surface area contributed by atoms with Crippen molar-refractivity contribution in [2.24, 2.45) is 0 Å². The standard InChI is InChI=1S/C15H9FOS/c16-12-5-6-13(11(7-12)9-17)15-8-10-3-1-2-4-14(10)18-15/h1-9H. The van der Waals surface area contributed by atoms with Crippen LogP contribution in [0.15, 0.2) is 48.5 Å². The molecule has 1 nitrogen and oxygen atoms in total. The van der Waals surface area contributed by atoms with Crippen LogP contribution in [-0.4, -0.2) is 6.29 Å². The highest BCUT2D eigenvalue weighted by molar-refractivity contribution is 7.22. The molecule has 0 aliphatic carbocycles. The molecule has 1 aromatic heterocycles. The van der Waals surface area contributed by atoms with Crippen LogP contribution in [0.25, 0.3) is 20.5 Å². The highest BCUT2D eigenvalue weighted by atomic mass is 32.1. The maximum Gasteiger partial charge on any atom is 0.150 e. The summed E-state index contributed by atoms with van der Waals surface area (Å²) < 4.78 is 14.3. The molecular formula is C15H9FOS. The number of thiophene rings is 1. The van der Waals surface area contributed by atoms with E-state index >= 15 is 0 Å². The quantitative estimate of drug-likeness (QED) is 0.616. The monoisotopic (exact) mass is 256 g/mol. The Morgan fingerprint density at radius 3 is 2.67 bits per heavy atom. The first-order chi connectivity index (χ1) is 8.78. The fourth-order valence-corrected chi connectivity index (χ4v) is 3.08. The molecule has 2 aromatic carbocycles. The maximum absolute atomic E-state index is 13.1. The van der Waals surface area contributed by atoms with Crippen LogP contribution in [0, 0.1) is 5.82 Å². The average molecular weight is 256 g/mol. The zero-order chi connectivity index (χ0) is 12.5. The molecule has 0 aliphatic rings. The molecule has 88 valence electrons. The Labute approximate surface area is 108 Å². The second-order valence-electron chi connectivity index (χ2n) is 4.00. The van der Waals surface area contributed by atoms with E-state index in [0.717, 1.165) is 20.5 Å². The summed E-state index contributed by atoms with van der Waals surface area (Å²) in [5.74, 6) is -0.387. The fourth-order valence-electron chi connectivity index (χ4n) is 1.97. The van der Waals surface area contributed by atoms with Gasteiger partial charge in [-0.25, -0.2) is 4.39 Å². The Morgan fingerprint density at radius 2 is 1.89 bits per heavy atom. The molecule has 0 radical (unpaired) electrons. The number of halogens is 1. The lowest BCUT2D eigenvalue weighted by atomic mass is 10.1. The lowest BCUT2D eigenvalue weighted by Gasteiger charge is -2.01. The number of benzene rings is 2. The van der Waals surface area contributed by atoms with Crippen molar-refractivity contribution in [2.75, 3.05) is 0 Å². The zero-order valence-electron chi connectivity index (χ0n) is 9.39. The third kappa shape index (κ3) is 1.83. The van der Waals surface area contributed by atoms with Gasteiger partial charge < -0.3 is 0 Å². The lowest BCUT2D eigenvalue weighted by Crippen LogP contribution is -1.87. The summed E-state index contributed by atoms with van der Waals surface area (Å²) >= 11 is 1.60. The number of hydrogen-bond acceptors (Lipinski definition) is 2. The summed E-state index contributed by atoms with van der Waals surface area (Å²) in [6.07, 6.45) is 0.697. The molecule has 0 unspecified atom stereocenters. The first-order valence-corrected chi connectivity index (χ1v) is 6.33. The third-order valence-corrected chi connectivity index (χ3v) is 3.98. The van der Waals surface area contributed by atoms with Crippen molar-refractivity contribution in [3.05, 3.63) is 59.9 Å². The van der Waals surface area contributed by atoms with Gasteiger partial charge in [0.2, 0.25) is 0 Å². The van der Waals surface area contributed by atoms with Gasteiger partial charge in [-0.15, -0.1) is 11.3 Å². The van der Waals surface area contributed by atoms with E-state index in [-0.39, 0.29) is 5.82 Å². The van der Waals surface area contributed by atoms with Gasteiger partial charge in [0, 0.05) is 20.7 Å². The van der Waals surface area contributed by atoms with E-state index < -0.39 is 0 Å². The van der Waals surface area contributed by atoms with Gasteiger partial charge in [0.05, 0.1) is 0 Å². The molecule has 0 amide bonds. The van der Waals surface area contributed by atoms with Gasteiger partial charge in [-0.1, -0.05) is 18.2 Å². The summed E-state index contributed by atoms with van der Waals surface area (Å²) in [7, 11) is 0. The highest BCUT2D eigenvalue weighted by Gasteiger charge is 2.09. The minimum absolute atomic E-state index is 0.387. The predicted molar refractivity (Wildman–Crippen MR) is 72.6 cm³/mol. The van der Waals surface area contributed by atoms with E-state index in [0.29, 0.717) is 11.8 Å². The molecule has 0 saturated carbocycles. The molecule has 3 rings (SSSR count). The summed E-state index contributed by atoms with van der Waals surface area (Å²) in [5.41, 5.74) is 1.18. The smallest absolute Gasteiger partial charge is 0.150 e. The molecular weight excluding hydrogens is 247 g/mol. The predicted octanol–water partition coefficient (Wildman–Crippen LogP) is 4.52. The van der Waals surface area contributed by atoms with Crippen molar-refractivity contribution in [1.29, 1.82) is 0 Å². The minimum atomic E-state index is -0.387. The lowest BCUT2D eigenvalue weighted by molar-refractivity contribution is 0.112. The first-order valence-electron chi connectivity index (χ1n) is 5.51. The Morgan fingerprint density at radius 1 is 1.06 bits per heavy atom. The molecule has 0 saturated heterocycles. The molecule has 0 atom stereocenters. The van der Waals surface area contributed by atoms with Gasteiger partial charge in [-0.2, -0.15) is 0 Å². The molecule has 0 N–H and O–H groups in total. The Kier molecular flexibility index (Phi) is 2.68. The summed E-state index contributed by atoms with van der Waals surface area (Å²) in [6.45, 7) is 0. The van der Waals surface area contributed by atoms with Crippen LogP contribution in [0.4, 0.5) is 4.39 Å². The Balaban J connectivity index is 2.22. The Bertz CT molecular complexity index is 697. The van der Waals surface area contributed by atoms with Crippen LogP contribution in [0.3, 0.4) is 0 Å². The van der Waals surface area contributed by atoms with Gasteiger partial charge in [-0.05, 0) is 35.7 Å². The number of fused-ring (bicyclic) bond motifs is 1. The van der Waals surface area contributed by atoms with Crippen molar-refractivity contribution in [1.82, 2.24) is 0 Å². The summed E-state index contributed by atoms with van der Waals surface area (Å²) in [4.78, 5) is 12.0. The maximum atomic E-state index is 13.1. The second-order valence-corrected chi connectivity index (χ2v) is 5.08. The molecule has 0 bridgehead atoms. The number of hydrogen-bond donors (Lipinski definition) is 0. The van der Waals surface area contributed by atoms with E-state index in [4.69, 9.17) is 0 Å². The summed E-state index contributed by atoms with van der Waals surface area (Å²) in [6, 6.07) is 14.4. The van der Waals surface area contributed by atoms with Crippen molar-refractivity contribution >= 4 is 27.7 Å². The number of rotatable bonds is 2. The summed E-state index contributed by atoms with van der Waals surface area (Å²) in [5, 5.41) is 1.14. The molecule has 0 spiro atoms. The number of carbonyl (C=O) groups excluding carboxylic acids is 1. The normalized spacial score (nSPS) is 10.7. The van der Waals surface area contributed by atoms with E-state index in [2.05, 4.69) is 0 Å². The van der Waals surface area contributed by atoms with E-state index in [9.17, 15) is 9.18 Å². The molecule has 3 aromatic rings. The van der Waals surface area contributed by atoms with Crippen LogP contribution in [0.5, 0.6) is 0 Å². The van der Waals surface area contributed by atoms with Crippen molar-refractivity contribution in [3.63, 3.8) is 0 Å². The van der Waals surface area contributed by atoms with Gasteiger partial charge in [0.25, 0.3) is 0 Å². The van der Waals surface area contributed by atoms with Crippen molar-refractivity contribution in [2.45, 2.75) is 0 Å². The average Bonchev–Trinajstić information content (AvgIpc) is 2.82. The fraction of sp³-hybridized carbons (Fsp3) is 0. The van der Waals surface area contributed by atoms with E-state index in [1.165, 1.54) is 12.1 Å². The molecule has 3 heteroatoms. The van der Waals surface area contributed by atoms with Gasteiger partial charge in [0.1, 0.15) is 5.82 Å². The number of aldehydes is 1. The zero-order valence-corrected chi connectivity index (χ0v) is 10.2. The molecule has 0 fully saturated rings. The van der Waals surface area contributed by atoms with Gasteiger partial charge >= 0.3 is 0 Å². The van der Waals surface area contributed by atoms with E-state index in [1.807, 2.05) is 30.3 Å². The minimum Gasteiger partial charge on any atom is -0.298 e. The van der Waals surface area contributed by atoms with Gasteiger partial charge in [0.15, 0.2) is 6.29 Å². The largest absolute Gasteiger partial charge is 0.298 e. The van der Waals surface area contributed by atoms with Crippen LogP contribution < -0.4 is 0 Å². The third-order valence-electron chi connectivity index (χ3n) is 2.83. The Hall–Kier alpha value is -2.00. The van der Waals surface area contributed by atoms with E-state index in [1.54, 1.807) is 17.4 Å². The van der Waals surface area contributed by atoms with Gasteiger partial charge in [-0.3, -0.25) is 4.79 Å². The van der Waals surface area contributed by atoms with Crippen molar-refractivity contribution in [3.8, 4) is 10.4 Å². The number of carbonyl (C=O) groups is 1. The topological polar surface area (TPSA) is 17.1 Å². The van der Waals surface area contributed by atoms with Crippen LogP contribution in [-0.2, 0) is 0 Å². The van der Waals surface area contributed by atoms with Crippen LogP contribution >= 0.6 is 11.3 Å². The molecule has 1 heterocycles. The second kappa shape index (κ2) is 4.35.